The second-order valence-electron chi connectivity index (χ2n) is 8.47. The van der Waals surface area contributed by atoms with Gasteiger partial charge in [-0.15, -0.1) is 0 Å². The molecule has 1 aliphatic rings. The summed E-state index contributed by atoms with van der Waals surface area (Å²) in [5.74, 6) is 1.91. The standard InChI is InChI=1S/C17H19N3O.C13H11NO2/c1-13-5-7-14(8-6-13)20(12-17-18-9-10-19-17)15-3-2-4-16(21)11-15;14-13(15)11-8-4-5-9-12(11)16-10-6-2-1-3-7-10/h2-8,11,21H,9-10,12H2,1H3,(H,18,19);1-9H,(H2,14,15). The fourth-order valence-corrected chi connectivity index (χ4v) is 3.79. The molecule has 0 bridgehead atoms. The first-order chi connectivity index (χ1) is 18.0. The quantitative estimate of drug-likeness (QED) is 0.319. The minimum atomic E-state index is -0.494. The molecule has 0 aliphatic carbocycles. The van der Waals surface area contributed by atoms with Gasteiger partial charge in [-0.25, -0.2) is 0 Å². The van der Waals surface area contributed by atoms with Crippen LogP contribution in [0.15, 0.2) is 108 Å². The van der Waals surface area contributed by atoms with Gasteiger partial charge in [-0.2, -0.15) is 0 Å². The molecule has 1 aliphatic heterocycles. The molecule has 5 rings (SSSR count). The summed E-state index contributed by atoms with van der Waals surface area (Å²) < 4.78 is 5.57. The summed E-state index contributed by atoms with van der Waals surface area (Å²) in [7, 11) is 0. The number of rotatable bonds is 7. The number of hydrogen-bond donors (Lipinski definition) is 3. The van der Waals surface area contributed by atoms with Gasteiger partial charge in [0.25, 0.3) is 5.91 Å². The predicted octanol–water partition coefficient (Wildman–Crippen LogP) is 5.42. The molecular formula is C30H30N4O3. The SMILES string of the molecule is Cc1ccc(N(CC2=NCCN2)c2cccc(O)c2)cc1.NC(=O)c1ccccc1Oc1ccccc1. The van der Waals surface area contributed by atoms with Crippen molar-refractivity contribution in [1.82, 2.24) is 5.32 Å². The molecule has 37 heavy (non-hydrogen) atoms. The van der Waals surface area contributed by atoms with Crippen molar-refractivity contribution in [2.75, 3.05) is 24.5 Å². The zero-order chi connectivity index (χ0) is 26.0. The van der Waals surface area contributed by atoms with Gasteiger partial charge in [-0.05, 0) is 55.5 Å². The number of amidine groups is 1. The van der Waals surface area contributed by atoms with Crippen LogP contribution < -0.4 is 20.7 Å². The predicted molar refractivity (Wildman–Crippen MR) is 148 cm³/mol. The van der Waals surface area contributed by atoms with E-state index in [1.807, 2.05) is 42.5 Å². The van der Waals surface area contributed by atoms with Crippen molar-refractivity contribution in [1.29, 1.82) is 0 Å². The fourth-order valence-electron chi connectivity index (χ4n) is 3.79. The zero-order valence-corrected chi connectivity index (χ0v) is 20.7. The summed E-state index contributed by atoms with van der Waals surface area (Å²) in [6.45, 7) is 4.48. The van der Waals surface area contributed by atoms with Crippen molar-refractivity contribution < 1.29 is 14.6 Å². The minimum Gasteiger partial charge on any atom is -0.508 e. The Morgan fingerprint density at radius 2 is 1.68 bits per heavy atom. The summed E-state index contributed by atoms with van der Waals surface area (Å²) in [4.78, 5) is 17.8. The number of primary amides is 1. The Kier molecular flexibility index (Phi) is 8.39. The average Bonchev–Trinajstić information content (AvgIpc) is 3.43. The summed E-state index contributed by atoms with van der Waals surface area (Å²) in [5.41, 5.74) is 8.90. The molecule has 4 N–H and O–H groups in total. The molecule has 4 aromatic carbocycles. The number of para-hydroxylation sites is 2. The number of aryl methyl sites for hydroxylation is 1. The molecule has 0 radical (unpaired) electrons. The third kappa shape index (κ3) is 7.11. The van der Waals surface area contributed by atoms with Gasteiger partial charge in [0.2, 0.25) is 0 Å². The first-order valence-corrected chi connectivity index (χ1v) is 12.0. The average molecular weight is 495 g/mol. The number of phenolic OH excluding ortho intramolecular Hbond substituents is 1. The third-order valence-corrected chi connectivity index (χ3v) is 5.66. The second-order valence-corrected chi connectivity index (χ2v) is 8.47. The normalized spacial score (nSPS) is 12.0. The number of phenols is 1. The largest absolute Gasteiger partial charge is 0.508 e. The molecule has 4 aromatic rings. The molecule has 188 valence electrons. The van der Waals surface area contributed by atoms with Crippen molar-refractivity contribution in [2.24, 2.45) is 10.7 Å². The number of nitrogens with one attached hydrogen (secondary N) is 1. The van der Waals surface area contributed by atoms with E-state index in [0.29, 0.717) is 23.6 Å². The van der Waals surface area contributed by atoms with Crippen molar-refractivity contribution in [3.8, 4) is 17.2 Å². The number of amides is 1. The van der Waals surface area contributed by atoms with E-state index in [9.17, 15) is 9.90 Å². The smallest absolute Gasteiger partial charge is 0.252 e. The first-order valence-electron chi connectivity index (χ1n) is 12.0. The number of aromatic hydroxyl groups is 1. The molecule has 0 atom stereocenters. The van der Waals surface area contributed by atoms with Gasteiger partial charge in [0.05, 0.1) is 18.7 Å². The van der Waals surface area contributed by atoms with E-state index in [4.69, 9.17) is 10.5 Å². The number of aliphatic imine (C=N–C) groups is 1. The van der Waals surface area contributed by atoms with Crippen LogP contribution in [0.25, 0.3) is 0 Å². The van der Waals surface area contributed by atoms with E-state index >= 15 is 0 Å². The first kappa shape index (κ1) is 25.3. The Morgan fingerprint density at radius 1 is 0.946 bits per heavy atom. The van der Waals surface area contributed by atoms with Crippen LogP contribution in [0.4, 0.5) is 11.4 Å². The molecule has 0 spiro atoms. The van der Waals surface area contributed by atoms with Crippen LogP contribution in [0.3, 0.4) is 0 Å². The highest BCUT2D eigenvalue weighted by Gasteiger charge is 2.15. The van der Waals surface area contributed by atoms with Crippen molar-refractivity contribution >= 4 is 23.1 Å². The molecule has 0 unspecified atom stereocenters. The summed E-state index contributed by atoms with van der Waals surface area (Å²) in [6, 6.07) is 31.8. The summed E-state index contributed by atoms with van der Waals surface area (Å²) in [6.07, 6.45) is 0. The number of carbonyl (C=O) groups is 1. The van der Waals surface area contributed by atoms with Crippen LogP contribution in [0.1, 0.15) is 15.9 Å². The number of ether oxygens (including phenoxy) is 1. The maximum atomic E-state index is 11.2. The molecule has 1 heterocycles. The van der Waals surface area contributed by atoms with Crippen molar-refractivity contribution in [3.05, 3.63) is 114 Å². The van der Waals surface area contributed by atoms with Crippen LogP contribution >= 0.6 is 0 Å². The van der Waals surface area contributed by atoms with Gasteiger partial charge < -0.3 is 25.8 Å². The highest BCUT2D eigenvalue weighted by molar-refractivity contribution is 5.95. The van der Waals surface area contributed by atoms with Crippen molar-refractivity contribution in [3.63, 3.8) is 0 Å². The van der Waals surface area contributed by atoms with Crippen LogP contribution in [0.5, 0.6) is 17.2 Å². The molecule has 0 saturated carbocycles. The van der Waals surface area contributed by atoms with E-state index in [1.165, 1.54) is 5.56 Å². The molecule has 0 fully saturated rings. The number of benzene rings is 4. The maximum Gasteiger partial charge on any atom is 0.252 e. The highest BCUT2D eigenvalue weighted by atomic mass is 16.5. The summed E-state index contributed by atoms with van der Waals surface area (Å²) >= 11 is 0. The van der Waals surface area contributed by atoms with E-state index in [2.05, 4.69) is 46.4 Å². The van der Waals surface area contributed by atoms with Gasteiger partial charge in [0.1, 0.15) is 23.1 Å². The lowest BCUT2D eigenvalue weighted by atomic mass is 10.2. The number of hydrogen-bond acceptors (Lipinski definition) is 6. The highest BCUT2D eigenvalue weighted by Crippen LogP contribution is 2.28. The van der Waals surface area contributed by atoms with Crippen LogP contribution in [-0.2, 0) is 0 Å². The lowest BCUT2D eigenvalue weighted by Crippen LogP contribution is -2.32. The molecule has 0 aromatic heterocycles. The van der Waals surface area contributed by atoms with Gasteiger partial charge in [-0.1, -0.05) is 54.1 Å². The molecule has 7 nitrogen and oxygen atoms in total. The van der Waals surface area contributed by atoms with Gasteiger partial charge in [-0.3, -0.25) is 9.79 Å². The summed E-state index contributed by atoms with van der Waals surface area (Å²) in [5, 5.41) is 13.0. The van der Waals surface area contributed by atoms with Gasteiger partial charge in [0.15, 0.2) is 0 Å². The maximum absolute atomic E-state index is 11.2. The minimum absolute atomic E-state index is 0.269. The lowest BCUT2D eigenvalue weighted by molar-refractivity contribution is 0.0998. The Labute approximate surface area is 216 Å². The molecule has 7 heteroatoms. The Balaban J connectivity index is 0.000000180. The monoisotopic (exact) mass is 494 g/mol. The van der Waals surface area contributed by atoms with E-state index in [-0.39, 0.29) is 5.75 Å². The Hall–Kier alpha value is -4.78. The number of nitrogens with two attached hydrogens (primary N) is 1. The van der Waals surface area contributed by atoms with E-state index in [0.717, 1.165) is 30.3 Å². The molecular weight excluding hydrogens is 464 g/mol. The lowest BCUT2D eigenvalue weighted by Gasteiger charge is -2.25. The van der Waals surface area contributed by atoms with Gasteiger partial charge in [0, 0.05) is 24.0 Å². The third-order valence-electron chi connectivity index (χ3n) is 5.66. The van der Waals surface area contributed by atoms with Crippen molar-refractivity contribution in [2.45, 2.75) is 6.92 Å². The molecule has 1 amide bonds. The number of nitrogens with zero attached hydrogens (tertiary/aromatic N) is 2. The zero-order valence-electron chi connectivity index (χ0n) is 20.7. The second kappa shape index (κ2) is 12.3. The van der Waals surface area contributed by atoms with E-state index < -0.39 is 5.91 Å². The number of carbonyl (C=O) groups excluding carboxylic acids is 1. The van der Waals surface area contributed by atoms with Gasteiger partial charge >= 0.3 is 0 Å². The van der Waals surface area contributed by atoms with Crippen LogP contribution in [0.2, 0.25) is 0 Å². The molecule has 0 saturated heterocycles. The Morgan fingerprint density at radius 3 is 2.35 bits per heavy atom. The number of anilines is 2. The topological polar surface area (TPSA) is 100 Å². The Bertz CT molecular complexity index is 1350. The van der Waals surface area contributed by atoms with Crippen LogP contribution in [0, 0.1) is 6.92 Å². The fraction of sp³-hybridized carbons (Fsp3) is 0.133. The van der Waals surface area contributed by atoms with E-state index in [1.54, 1.807) is 36.4 Å². The van der Waals surface area contributed by atoms with Crippen LogP contribution in [-0.4, -0.2) is 36.5 Å².